The number of halogens is 2. The number of hydrogen-bond acceptors (Lipinski definition) is 3. The van der Waals surface area contributed by atoms with Crippen molar-refractivity contribution in [1.82, 2.24) is 0 Å². The maximum absolute atomic E-state index is 13.2. The SMILES string of the molecule is Cc1ccc(NC(=O)c2ccc(F)c(F)c2)cc1NC(=O)CN. The first kappa shape index (κ1) is 16.6. The minimum absolute atomic E-state index is 0.0166. The van der Waals surface area contributed by atoms with Crippen LogP contribution in [-0.4, -0.2) is 18.4 Å². The van der Waals surface area contributed by atoms with E-state index < -0.39 is 17.5 Å². The summed E-state index contributed by atoms with van der Waals surface area (Å²) in [6, 6.07) is 7.76. The van der Waals surface area contributed by atoms with Crippen molar-refractivity contribution in [3.63, 3.8) is 0 Å². The molecule has 0 saturated heterocycles. The fraction of sp³-hybridized carbons (Fsp3) is 0.125. The largest absolute Gasteiger partial charge is 0.325 e. The van der Waals surface area contributed by atoms with Gasteiger partial charge >= 0.3 is 0 Å². The molecular formula is C16H15F2N3O2. The third-order valence-corrected chi connectivity index (χ3v) is 3.14. The second-order valence-corrected chi connectivity index (χ2v) is 4.87. The second-order valence-electron chi connectivity index (χ2n) is 4.87. The lowest BCUT2D eigenvalue weighted by atomic mass is 10.1. The van der Waals surface area contributed by atoms with Crippen molar-refractivity contribution in [2.45, 2.75) is 6.92 Å². The molecule has 0 fully saturated rings. The van der Waals surface area contributed by atoms with Crippen molar-refractivity contribution in [3.8, 4) is 0 Å². The number of carbonyl (C=O) groups is 2. The predicted octanol–water partition coefficient (Wildman–Crippen LogP) is 2.42. The Morgan fingerprint density at radius 3 is 2.43 bits per heavy atom. The quantitative estimate of drug-likeness (QED) is 0.809. The van der Waals surface area contributed by atoms with E-state index in [1.165, 1.54) is 6.07 Å². The topological polar surface area (TPSA) is 84.2 Å². The van der Waals surface area contributed by atoms with Crippen LogP contribution in [0.25, 0.3) is 0 Å². The molecule has 0 unspecified atom stereocenters. The molecule has 23 heavy (non-hydrogen) atoms. The van der Waals surface area contributed by atoms with E-state index in [1.54, 1.807) is 25.1 Å². The summed E-state index contributed by atoms with van der Waals surface area (Å²) in [4.78, 5) is 23.4. The molecule has 120 valence electrons. The van der Waals surface area contributed by atoms with Crippen LogP contribution in [0.3, 0.4) is 0 Å². The summed E-state index contributed by atoms with van der Waals surface area (Å²) in [5.74, 6) is -3.08. The summed E-state index contributed by atoms with van der Waals surface area (Å²) in [5, 5.41) is 5.16. The van der Waals surface area contributed by atoms with Crippen LogP contribution in [0.2, 0.25) is 0 Å². The van der Waals surface area contributed by atoms with Gasteiger partial charge in [0.1, 0.15) is 0 Å². The van der Waals surface area contributed by atoms with Gasteiger partial charge in [0.15, 0.2) is 11.6 Å². The van der Waals surface area contributed by atoms with Crippen molar-refractivity contribution >= 4 is 23.2 Å². The summed E-state index contributed by atoms with van der Waals surface area (Å²) in [6.45, 7) is 1.62. The lowest BCUT2D eigenvalue weighted by molar-refractivity contribution is -0.114. The van der Waals surface area contributed by atoms with Crippen LogP contribution >= 0.6 is 0 Å². The minimum Gasteiger partial charge on any atom is -0.325 e. The molecule has 4 N–H and O–H groups in total. The summed E-state index contributed by atoms with van der Waals surface area (Å²) >= 11 is 0. The van der Waals surface area contributed by atoms with E-state index in [0.29, 0.717) is 11.4 Å². The first-order valence-corrected chi connectivity index (χ1v) is 6.77. The summed E-state index contributed by atoms with van der Waals surface area (Å²) < 4.78 is 26.0. The number of hydrogen-bond donors (Lipinski definition) is 3. The molecule has 2 amide bonds. The molecule has 0 aromatic heterocycles. The smallest absolute Gasteiger partial charge is 0.255 e. The Hall–Kier alpha value is -2.80. The highest BCUT2D eigenvalue weighted by atomic mass is 19.2. The van der Waals surface area contributed by atoms with Gasteiger partial charge in [-0.05, 0) is 42.8 Å². The van der Waals surface area contributed by atoms with Crippen molar-refractivity contribution < 1.29 is 18.4 Å². The molecule has 2 aromatic carbocycles. The van der Waals surface area contributed by atoms with Crippen LogP contribution in [0.15, 0.2) is 36.4 Å². The number of carbonyl (C=O) groups excluding carboxylic acids is 2. The number of aryl methyl sites for hydroxylation is 1. The number of nitrogens with one attached hydrogen (secondary N) is 2. The maximum Gasteiger partial charge on any atom is 0.255 e. The highest BCUT2D eigenvalue weighted by molar-refractivity contribution is 6.04. The van der Waals surface area contributed by atoms with E-state index in [-0.39, 0.29) is 18.0 Å². The van der Waals surface area contributed by atoms with Crippen molar-refractivity contribution in [1.29, 1.82) is 0 Å². The molecule has 0 aliphatic heterocycles. The van der Waals surface area contributed by atoms with E-state index in [2.05, 4.69) is 10.6 Å². The molecule has 5 nitrogen and oxygen atoms in total. The van der Waals surface area contributed by atoms with Gasteiger partial charge in [-0.1, -0.05) is 6.07 Å². The number of rotatable bonds is 4. The van der Waals surface area contributed by atoms with Crippen LogP contribution in [0.4, 0.5) is 20.2 Å². The molecule has 0 radical (unpaired) electrons. The average Bonchev–Trinajstić information content (AvgIpc) is 2.53. The van der Waals surface area contributed by atoms with Gasteiger partial charge in [-0.25, -0.2) is 8.78 Å². The molecule has 0 aliphatic rings. The summed E-state index contributed by atoms with van der Waals surface area (Å²) in [7, 11) is 0. The van der Waals surface area contributed by atoms with Crippen LogP contribution in [0.1, 0.15) is 15.9 Å². The maximum atomic E-state index is 13.2. The standard InChI is InChI=1S/C16H15F2N3O2/c1-9-2-4-11(7-14(9)21-15(22)8-19)20-16(23)10-3-5-12(17)13(18)6-10/h2-7H,8,19H2,1H3,(H,20,23)(H,21,22). The predicted molar refractivity (Wildman–Crippen MR) is 83.2 cm³/mol. The fourth-order valence-corrected chi connectivity index (χ4v) is 1.88. The van der Waals surface area contributed by atoms with E-state index in [0.717, 1.165) is 17.7 Å². The molecule has 0 spiro atoms. The summed E-state index contributed by atoms with van der Waals surface area (Å²) in [6.07, 6.45) is 0. The number of nitrogens with two attached hydrogens (primary N) is 1. The molecule has 7 heteroatoms. The fourth-order valence-electron chi connectivity index (χ4n) is 1.88. The van der Waals surface area contributed by atoms with Gasteiger partial charge in [0.05, 0.1) is 6.54 Å². The van der Waals surface area contributed by atoms with E-state index >= 15 is 0 Å². The van der Waals surface area contributed by atoms with Gasteiger partial charge in [0.2, 0.25) is 5.91 Å². The van der Waals surface area contributed by atoms with Crippen molar-refractivity contribution in [2.75, 3.05) is 17.2 Å². The number of anilines is 2. The second kappa shape index (κ2) is 6.97. The summed E-state index contributed by atoms with van der Waals surface area (Å²) in [5.41, 5.74) is 6.92. The lowest BCUT2D eigenvalue weighted by Crippen LogP contribution is -2.22. The Bertz CT molecular complexity index is 763. The van der Waals surface area contributed by atoms with Gasteiger partial charge in [-0.15, -0.1) is 0 Å². The molecule has 0 heterocycles. The highest BCUT2D eigenvalue weighted by Crippen LogP contribution is 2.21. The molecular weight excluding hydrogens is 304 g/mol. The lowest BCUT2D eigenvalue weighted by Gasteiger charge is -2.11. The van der Waals surface area contributed by atoms with Gasteiger partial charge in [0, 0.05) is 16.9 Å². The Balaban J connectivity index is 2.19. The Kier molecular flexibility index (Phi) is 5.02. The first-order chi connectivity index (χ1) is 10.9. The minimum atomic E-state index is -1.10. The van der Waals surface area contributed by atoms with Crippen molar-refractivity contribution in [3.05, 3.63) is 59.2 Å². The third-order valence-electron chi connectivity index (χ3n) is 3.14. The van der Waals surface area contributed by atoms with Gasteiger partial charge in [0.25, 0.3) is 5.91 Å². The van der Waals surface area contributed by atoms with Crippen LogP contribution in [0.5, 0.6) is 0 Å². The molecule has 0 saturated carbocycles. The average molecular weight is 319 g/mol. The van der Waals surface area contributed by atoms with E-state index in [1.807, 2.05) is 0 Å². The first-order valence-electron chi connectivity index (χ1n) is 6.77. The molecule has 2 aromatic rings. The van der Waals surface area contributed by atoms with Gasteiger partial charge < -0.3 is 16.4 Å². The Labute approximate surface area is 131 Å². The van der Waals surface area contributed by atoms with Gasteiger partial charge in [-0.2, -0.15) is 0 Å². The van der Waals surface area contributed by atoms with Crippen LogP contribution in [-0.2, 0) is 4.79 Å². The Morgan fingerprint density at radius 1 is 1.04 bits per heavy atom. The molecule has 0 atom stereocenters. The highest BCUT2D eigenvalue weighted by Gasteiger charge is 2.11. The zero-order valence-electron chi connectivity index (χ0n) is 12.3. The number of benzene rings is 2. The number of amides is 2. The van der Waals surface area contributed by atoms with E-state index in [4.69, 9.17) is 5.73 Å². The zero-order valence-corrected chi connectivity index (χ0v) is 12.3. The Morgan fingerprint density at radius 2 is 1.78 bits per heavy atom. The monoisotopic (exact) mass is 319 g/mol. The molecule has 0 bridgehead atoms. The third kappa shape index (κ3) is 4.10. The van der Waals surface area contributed by atoms with Crippen LogP contribution < -0.4 is 16.4 Å². The molecule has 2 rings (SSSR count). The van der Waals surface area contributed by atoms with Crippen molar-refractivity contribution in [2.24, 2.45) is 5.73 Å². The van der Waals surface area contributed by atoms with Crippen LogP contribution in [0, 0.1) is 18.6 Å². The molecule has 0 aliphatic carbocycles. The van der Waals surface area contributed by atoms with Gasteiger partial charge in [-0.3, -0.25) is 9.59 Å². The van der Waals surface area contributed by atoms with E-state index in [9.17, 15) is 18.4 Å². The normalized spacial score (nSPS) is 10.3. The zero-order chi connectivity index (χ0) is 17.0.